The number of amides is 1. The molecule has 1 saturated heterocycles. The molecule has 4 rings (SSSR count). The predicted molar refractivity (Wildman–Crippen MR) is 133 cm³/mol. The van der Waals surface area contributed by atoms with Gasteiger partial charge < -0.3 is 28.6 Å². The van der Waals surface area contributed by atoms with Crippen molar-refractivity contribution in [1.82, 2.24) is 0 Å². The third-order valence-electron chi connectivity index (χ3n) is 5.72. The smallest absolute Gasteiger partial charge is 0.243 e. The number of methoxy groups -OCH3 is 4. The summed E-state index contributed by atoms with van der Waals surface area (Å²) in [6.45, 7) is 0.401. The van der Waals surface area contributed by atoms with Gasteiger partial charge in [-0.3, -0.25) is 4.79 Å². The van der Waals surface area contributed by atoms with Crippen molar-refractivity contribution in [3.8, 4) is 28.7 Å². The minimum atomic E-state index is -0.387. The van der Waals surface area contributed by atoms with E-state index in [4.69, 9.17) is 23.7 Å². The second-order valence-electron chi connectivity index (χ2n) is 7.62. The Morgan fingerprint density at radius 3 is 2.03 bits per heavy atom. The van der Waals surface area contributed by atoms with E-state index >= 15 is 0 Å². The molecule has 8 heteroatoms. The summed E-state index contributed by atoms with van der Waals surface area (Å²) in [5.41, 5.74) is 2.59. The molecule has 0 N–H and O–H groups in total. The van der Waals surface area contributed by atoms with Crippen molar-refractivity contribution in [2.75, 3.05) is 33.3 Å². The normalized spacial score (nSPS) is 17.1. The van der Waals surface area contributed by atoms with Crippen molar-refractivity contribution in [3.63, 3.8) is 0 Å². The Morgan fingerprint density at radius 2 is 1.44 bits per heavy atom. The number of nitrogens with zero attached hydrogens (tertiary/aromatic N) is 1. The lowest BCUT2D eigenvalue weighted by Crippen LogP contribution is -2.56. The minimum Gasteiger partial charge on any atom is -0.493 e. The van der Waals surface area contributed by atoms with E-state index in [-0.39, 0.29) is 16.8 Å². The van der Waals surface area contributed by atoms with Gasteiger partial charge in [-0.25, -0.2) is 0 Å². The lowest BCUT2D eigenvalue weighted by molar-refractivity contribution is -0.123. The van der Waals surface area contributed by atoms with Gasteiger partial charge in [0, 0.05) is 12.1 Å². The molecule has 3 aromatic carbocycles. The number of carbonyl (C=O) groups excluding carboxylic acids is 1. The van der Waals surface area contributed by atoms with Gasteiger partial charge >= 0.3 is 0 Å². The maximum atomic E-state index is 12.9. The van der Waals surface area contributed by atoms with Crippen LogP contribution in [0.2, 0.25) is 0 Å². The Labute approximate surface area is 207 Å². The molecule has 0 bridgehead atoms. The van der Waals surface area contributed by atoms with Crippen LogP contribution in [0.15, 0.2) is 60.7 Å². The highest BCUT2D eigenvalue weighted by atomic mass is 79.9. The summed E-state index contributed by atoms with van der Waals surface area (Å²) in [7, 11) is 6.24. The Hall–Kier alpha value is -3.39. The summed E-state index contributed by atoms with van der Waals surface area (Å²) in [6, 6.07) is 18.9. The lowest BCUT2D eigenvalue weighted by atomic mass is 9.92. The number of alkyl halides is 1. The highest BCUT2D eigenvalue weighted by Crippen LogP contribution is 2.49. The van der Waals surface area contributed by atoms with E-state index < -0.39 is 0 Å². The zero-order valence-electron chi connectivity index (χ0n) is 19.4. The van der Waals surface area contributed by atoms with Gasteiger partial charge in [0.2, 0.25) is 11.7 Å². The van der Waals surface area contributed by atoms with Crippen LogP contribution in [-0.2, 0) is 11.4 Å². The standard InChI is InChI=1S/C26H26BrNO6/c1-30-19-11-10-17(12-20(19)34-15-16-8-6-5-7-9-16)24-23(27)26(29)28(24)18-13-21(31-2)25(33-4)22(14-18)32-3/h5-14,23-24H,15H2,1-4H3/t23-,24-/m0/s1. The zero-order valence-corrected chi connectivity index (χ0v) is 21.0. The van der Waals surface area contributed by atoms with Gasteiger partial charge in [0.1, 0.15) is 11.4 Å². The summed E-state index contributed by atoms with van der Waals surface area (Å²) in [6.07, 6.45) is 0. The largest absolute Gasteiger partial charge is 0.493 e. The van der Waals surface area contributed by atoms with E-state index in [2.05, 4.69) is 15.9 Å². The molecule has 0 spiro atoms. The van der Waals surface area contributed by atoms with E-state index in [1.165, 1.54) is 0 Å². The van der Waals surface area contributed by atoms with Crippen molar-refractivity contribution in [2.45, 2.75) is 17.5 Å². The van der Waals surface area contributed by atoms with Gasteiger partial charge in [0.15, 0.2) is 23.0 Å². The average molecular weight is 528 g/mol. The van der Waals surface area contributed by atoms with Crippen LogP contribution in [0.1, 0.15) is 17.2 Å². The summed E-state index contributed by atoms with van der Waals surface area (Å²) in [4.78, 5) is 14.2. The van der Waals surface area contributed by atoms with Gasteiger partial charge in [-0.05, 0) is 23.3 Å². The van der Waals surface area contributed by atoms with Crippen molar-refractivity contribution < 1.29 is 28.5 Å². The summed E-state index contributed by atoms with van der Waals surface area (Å²) in [5, 5.41) is 0. The molecule has 1 heterocycles. The number of halogens is 1. The van der Waals surface area contributed by atoms with Crippen LogP contribution in [-0.4, -0.2) is 39.2 Å². The van der Waals surface area contributed by atoms with Crippen LogP contribution in [0.5, 0.6) is 28.7 Å². The molecule has 3 aromatic rings. The Morgan fingerprint density at radius 1 is 0.794 bits per heavy atom. The molecule has 0 aliphatic carbocycles. The molecule has 0 aromatic heterocycles. The third kappa shape index (κ3) is 4.37. The van der Waals surface area contributed by atoms with Gasteiger partial charge in [-0.2, -0.15) is 0 Å². The topological polar surface area (TPSA) is 66.5 Å². The highest BCUT2D eigenvalue weighted by molar-refractivity contribution is 9.10. The highest BCUT2D eigenvalue weighted by Gasteiger charge is 2.48. The van der Waals surface area contributed by atoms with Crippen molar-refractivity contribution in [3.05, 3.63) is 71.8 Å². The molecular formula is C26H26BrNO6. The predicted octanol–water partition coefficient (Wildman–Crippen LogP) is 5.15. The maximum Gasteiger partial charge on any atom is 0.243 e. The lowest BCUT2D eigenvalue weighted by Gasteiger charge is -2.45. The molecular weight excluding hydrogens is 502 g/mol. The van der Waals surface area contributed by atoms with Gasteiger partial charge in [-0.15, -0.1) is 0 Å². The molecule has 0 radical (unpaired) electrons. The number of carbonyl (C=O) groups is 1. The molecule has 178 valence electrons. The van der Waals surface area contributed by atoms with E-state index in [1.54, 1.807) is 45.5 Å². The zero-order chi connectivity index (χ0) is 24.2. The van der Waals surface area contributed by atoms with Crippen LogP contribution in [0, 0.1) is 0 Å². The first-order valence-corrected chi connectivity index (χ1v) is 11.6. The van der Waals surface area contributed by atoms with Gasteiger partial charge in [-0.1, -0.05) is 52.3 Å². The second-order valence-corrected chi connectivity index (χ2v) is 8.61. The monoisotopic (exact) mass is 527 g/mol. The van der Waals surface area contributed by atoms with E-state index in [0.717, 1.165) is 11.1 Å². The fourth-order valence-electron chi connectivity index (χ4n) is 3.99. The van der Waals surface area contributed by atoms with Gasteiger partial charge in [0.05, 0.1) is 40.2 Å². The Balaban J connectivity index is 1.67. The molecule has 1 amide bonds. The van der Waals surface area contributed by atoms with E-state index in [9.17, 15) is 4.79 Å². The van der Waals surface area contributed by atoms with E-state index in [0.29, 0.717) is 41.0 Å². The first-order chi connectivity index (χ1) is 16.5. The number of benzene rings is 3. The Kier molecular flexibility index (Phi) is 7.17. The minimum absolute atomic E-state index is 0.0677. The fourth-order valence-corrected chi connectivity index (χ4v) is 4.75. The van der Waals surface area contributed by atoms with Crippen molar-refractivity contribution in [2.24, 2.45) is 0 Å². The first kappa shape index (κ1) is 23.8. The number of hydrogen-bond donors (Lipinski definition) is 0. The molecule has 34 heavy (non-hydrogen) atoms. The van der Waals surface area contributed by atoms with Crippen molar-refractivity contribution in [1.29, 1.82) is 0 Å². The third-order valence-corrected chi connectivity index (χ3v) is 6.62. The summed E-state index contributed by atoms with van der Waals surface area (Å²) in [5.74, 6) is 2.58. The fraction of sp³-hybridized carbons (Fsp3) is 0.269. The first-order valence-electron chi connectivity index (χ1n) is 10.6. The number of rotatable bonds is 9. The van der Waals surface area contributed by atoms with Crippen LogP contribution in [0.3, 0.4) is 0 Å². The second kappa shape index (κ2) is 10.3. The molecule has 0 unspecified atom stereocenters. The summed E-state index contributed by atoms with van der Waals surface area (Å²) >= 11 is 3.55. The van der Waals surface area contributed by atoms with Crippen molar-refractivity contribution >= 4 is 27.5 Å². The average Bonchev–Trinajstić information content (AvgIpc) is 2.89. The summed E-state index contributed by atoms with van der Waals surface area (Å²) < 4.78 is 27.9. The molecule has 2 atom stereocenters. The molecule has 1 aliphatic rings. The number of ether oxygens (including phenoxy) is 5. The Bertz CT molecular complexity index is 1140. The molecule has 7 nitrogen and oxygen atoms in total. The number of hydrogen-bond acceptors (Lipinski definition) is 6. The van der Waals surface area contributed by atoms with Crippen LogP contribution in [0.4, 0.5) is 5.69 Å². The molecule has 0 saturated carbocycles. The number of β-lactam (4-membered cyclic amide) rings is 1. The van der Waals surface area contributed by atoms with Gasteiger partial charge in [0.25, 0.3) is 0 Å². The SMILES string of the molecule is COc1ccc([C@H]2[C@H](Br)C(=O)N2c2cc(OC)c(OC)c(OC)c2)cc1OCc1ccccc1. The molecule has 1 aliphatic heterocycles. The van der Waals surface area contributed by atoms with Crippen LogP contribution in [0.25, 0.3) is 0 Å². The van der Waals surface area contributed by atoms with Crippen LogP contribution >= 0.6 is 15.9 Å². The maximum absolute atomic E-state index is 12.9. The van der Waals surface area contributed by atoms with Crippen LogP contribution < -0.4 is 28.6 Å². The quantitative estimate of drug-likeness (QED) is 0.283. The number of anilines is 1. The molecule has 1 fully saturated rings. The van der Waals surface area contributed by atoms with E-state index in [1.807, 2.05) is 48.5 Å².